The van der Waals surface area contributed by atoms with Gasteiger partial charge in [0.15, 0.2) is 4.60 Å². The quantitative estimate of drug-likeness (QED) is 0.576. The first kappa shape index (κ1) is 15.1. The van der Waals surface area contributed by atoms with E-state index in [-0.39, 0.29) is 32.9 Å². The smallest absolute Gasteiger partial charge is 0.258 e. The SMILES string of the molecule is O=[N+]([O-])c1cccc(-c2[nH]o[n+](=O)c2-c2cccc([N+](=O)[O-])c2)c1. The van der Waals surface area contributed by atoms with Crippen LogP contribution in [0.15, 0.2) is 53.2 Å². The standard InChI is InChI=1S/C14H9N4O6/c19-16(20)11-5-1-3-9(7-11)13-14(18(23)24-15-13)10-4-2-6-12(8-10)17(21)22/h1-8,15H/q+1. The zero-order valence-corrected chi connectivity index (χ0v) is 11.9. The molecule has 0 saturated heterocycles. The maximum atomic E-state index is 11.9. The summed E-state index contributed by atoms with van der Waals surface area (Å²) in [6, 6.07) is 11.0. The molecule has 0 fully saturated rings. The fourth-order valence-corrected chi connectivity index (χ4v) is 2.26. The Morgan fingerprint density at radius 3 is 2.04 bits per heavy atom. The molecule has 3 aromatic rings. The first-order valence-electron chi connectivity index (χ1n) is 6.61. The van der Waals surface area contributed by atoms with Gasteiger partial charge in [0.1, 0.15) is 0 Å². The minimum atomic E-state index is -0.588. The van der Waals surface area contributed by atoms with E-state index in [4.69, 9.17) is 4.63 Å². The van der Waals surface area contributed by atoms with Crippen LogP contribution in [-0.4, -0.2) is 15.0 Å². The lowest BCUT2D eigenvalue weighted by Gasteiger charge is -1.97. The topological polar surface area (TPSA) is 138 Å². The largest absolute Gasteiger partial charge is 0.280 e. The molecular weight excluding hydrogens is 320 g/mol. The van der Waals surface area contributed by atoms with Gasteiger partial charge in [-0.15, -0.1) is 0 Å². The van der Waals surface area contributed by atoms with Crippen LogP contribution in [0.5, 0.6) is 0 Å². The number of nitro groups is 2. The van der Waals surface area contributed by atoms with Crippen molar-refractivity contribution in [1.82, 2.24) is 5.16 Å². The lowest BCUT2D eigenvalue weighted by molar-refractivity contribution is -0.704. The second-order valence-corrected chi connectivity index (χ2v) is 4.79. The number of H-pyrrole nitrogens is 1. The Hall–Kier alpha value is -3.82. The molecule has 0 spiro atoms. The van der Waals surface area contributed by atoms with Crippen LogP contribution in [0.4, 0.5) is 11.4 Å². The predicted molar refractivity (Wildman–Crippen MR) is 80.6 cm³/mol. The van der Waals surface area contributed by atoms with Crippen molar-refractivity contribution in [2.75, 3.05) is 0 Å². The molecule has 2 aromatic carbocycles. The maximum absolute atomic E-state index is 11.9. The summed E-state index contributed by atoms with van der Waals surface area (Å²) in [4.78, 5) is 32.6. The van der Waals surface area contributed by atoms with Crippen molar-refractivity contribution < 1.29 is 19.1 Å². The molecule has 1 aromatic heterocycles. The third-order valence-corrected chi connectivity index (χ3v) is 3.33. The molecular formula is C14H9N4O6+. The molecule has 0 atom stereocenters. The van der Waals surface area contributed by atoms with Crippen LogP contribution < -0.4 is 4.60 Å². The molecule has 3 rings (SSSR count). The fraction of sp³-hybridized carbons (Fsp3) is 0. The minimum absolute atomic E-state index is 0.0146. The van der Waals surface area contributed by atoms with E-state index in [1.807, 2.05) is 0 Å². The van der Waals surface area contributed by atoms with Crippen molar-refractivity contribution >= 4 is 11.4 Å². The zero-order valence-electron chi connectivity index (χ0n) is 11.9. The van der Waals surface area contributed by atoms with Gasteiger partial charge in [0.2, 0.25) is 5.69 Å². The Bertz CT molecular complexity index is 1010. The zero-order chi connectivity index (χ0) is 17.3. The number of nitro benzene ring substituents is 2. The Labute approximate surface area is 132 Å². The summed E-state index contributed by atoms with van der Waals surface area (Å²) in [5.41, 5.74) is 0.381. The van der Waals surface area contributed by atoms with Gasteiger partial charge in [-0.3, -0.25) is 20.2 Å². The van der Waals surface area contributed by atoms with Gasteiger partial charge in [-0.25, -0.2) is 0 Å². The number of aromatic nitrogens is 2. The summed E-state index contributed by atoms with van der Waals surface area (Å²) in [5, 5.41) is 24.2. The molecule has 1 heterocycles. The number of rotatable bonds is 4. The van der Waals surface area contributed by atoms with Crippen molar-refractivity contribution in [3.8, 4) is 22.5 Å². The van der Waals surface area contributed by atoms with Crippen molar-refractivity contribution in [3.05, 3.63) is 73.7 Å². The van der Waals surface area contributed by atoms with Crippen LogP contribution in [0, 0.1) is 25.1 Å². The highest BCUT2D eigenvalue weighted by Gasteiger charge is 2.26. The Kier molecular flexibility index (Phi) is 3.62. The lowest BCUT2D eigenvalue weighted by Crippen LogP contribution is -2.12. The molecule has 24 heavy (non-hydrogen) atoms. The number of benzene rings is 2. The van der Waals surface area contributed by atoms with Crippen LogP contribution in [0.1, 0.15) is 0 Å². The van der Waals surface area contributed by atoms with Crippen molar-refractivity contribution in [1.29, 1.82) is 0 Å². The summed E-state index contributed by atoms with van der Waals surface area (Å²) in [7, 11) is 0. The highest BCUT2D eigenvalue weighted by molar-refractivity contribution is 5.77. The first-order valence-corrected chi connectivity index (χ1v) is 6.61. The molecule has 0 aliphatic heterocycles. The molecule has 0 saturated carbocycles. The Balaban J connectivity index is 2.19. The summed E-state index contributed by atoms with van der Waals surface area (Å²) < 4.78 is 4.86. The fourth-order valence-electron chi connectivity index (χ4n) is 2.26. The van der Waals surface area contributed by atoms with Gasteiger partial charge in [0.25, 0.3) is 17.1 Å². The van der Waals surface area contributed by atoms with Crippen LogP contribution in [-0.2, 0) is 0 Å². The molecule has 0 aliphatic carbocycles. The molecule has 10 nitrogen and oxygen atoms in total. The average molecular weight is 329 g/mol. The number of nitrogens with one attached hydrogen (secondary N) is 1. The van der Waals surface area contributed by atoms with E-state index >= 15 is 0 Å². The first-order chi connectivity index (χ1) is 11.5. The van der Waals surface area contributed by atoms with Gasteiger partial charge in [-0.2, -0.15) is 0 Å². The van der Waals surface area contributed by atoms with Crippen LogP contribution in [0.3, 0.4) is 0 Å². The van der Waals surface area contributed by atoms with Gasteiger partial charge < -0.3 is 0 Å². The highest BCUT2D eigenvalue weighted by atomic mass is 16.7. The summed E-state index contributed by atoms with van der Waals surface area (Å²) in [6.07, 6.45) is 0. The molecule has 0 aliphatic rings. The average Bonchev–Trinajstić information content (AvgIpc) is 2.96. The van der Waals surface area contributed by atoms with E-state index in [1.54, 1.807) is 6.07 Å². The van der Waals surface area contributed by atoms with Crippen LogP contribution in [0.25, 0.3) is 22.5 Å². The third-order valence-electron chi connectivity index (χ3n) is 3.33. The van der Waals surface area contributed by atoms with Crippen LogP contribution >= 0.6 is 0 Å². The van der Waals surface area contributed by atoms with E-state index in [0.29, 0.717) is 5.56 Å². The summed E-state index contributed by atoms with van der Waals surface area (Å²) in [6.45, 7) is 0. The van der Waals surface area contributed by atoms with Gasteiger partial charge in [-0.1, -0.05) is 21.9 Å². The third kappa shape index (κ3) is 2.63. The number of hydrogen-bond acceptors (Lipinski definition) is 6. The maximum Gasteiger partial charge on any atom is 0.280 e. The van der Waals surface area contributed by atoms with Gasteiger partial charge in [-0.05, 0) is 17.0 Å². The van der Waals surface area contributed by atoms with Crippen LogP contribution in [0.2, 0.25) is 0 Å². The monoisotopic (exact) mass is 329 g/mol. The minimum Gasteiger partial charge on any atom is -0.258 e. The highest BCUT2D eigenvalue weighted by Crippen LogP contribution is 2.30. The predicted octanol–water partition coefficient (Wildman–Crippen LogP) is 2.67. The molecule has 0 bridgehead atoms. The normalized spacial score (nSPS) is 10.5. The van der Waals surface area contributed by atoms with Gasteiger partial charge in [0, 0.05) is 35.4 Å². The van der Waals surface area contributed by atoms with E-state index in [9.17, 15) is 25.1 Å². The number of hydrogen-bond donors (Lipinski definition) is 1. The summed E-state index contributed by atoms with van der Waals surface area (Å²) >= 11 is 0. The molecule has 0 unspecified atom stereocenters. The number of nitrogens with zero attached hydrogens (tertiary/aromatic N) is 3. The molecule has 0 radical (unpaired) electrons. The van der Waals surface area contributed by atoms with Crippen molar-refractivity contribution in [2.24, 2.45) is 0 Å². The van der Waals surface area contributed by atoms with Gasteiger partial charge in [0.05, 0.1) is 9.85 Å². The second-order valence-electron chi connectivity index (χ2n) is 4.79. The molecule has 10 heteroatoms. The lowest BCUT2D eigenvalue weighted by atomic mass is 10.0. The number of non-ortho nitro benzene ring substituents is 2. The van der Waals surface area contributed by atoms with Crippen molar-refractivity contribution in [3.63, 3.8) is 0 Å². The van der Waals surface area contributed by atoms with E-state index in [2.05, 4.69) is 5.16 Å². The van der Waals surface area contributed by atoms with E-state index in [1.165, 1.54) is 42.5 Å². The molecule has 1 N–H and O–H groups in total. The Morgan fingerprint density at radius 1 is 0.917 bits per heavy atom. The van der Waals surface area contributed by atoms with E-state index < -0.39 is 9.85 Å². The molecule has 0 amide bonds. The van der Waals surface area contributed by atoms with Crippen molar-refractivity contribution in [2.45, 2.75) is 0 Å². The Morgan fingerprint density at radius 2 is 1.46 bits per heavy atom. The van der Waals surface area contributed by atoms with Gasteiger partial charge >= 0.3 is 0 Å². The van der Waals surface area contributed by atoms with E-state index in [0.717, 1.165) is 0 Å². The molecule has 120 valence electrons. The summed E-state index contributed by atoms with van der Waals surface area (Å²) in [5.74, 6) is 0. The second kappa shape index (κ2) is 5.76. The number of aromatic amines is 1.